The fourth-order valence-electron chi connectivity index (χ4n) is 1.50. The van der Waals surface area contributed by atoms with Crippen LogP contribution in [0.15, 0.2) is 35.2 Å². The summed E-state index contributed by atoms with van der Waals surface area (Å²) in [5.41, 5.74) is -0.378. The molecular formula is C13H7Cl2F3OS2. The van der Waals surface area contributed by atoms with E-state index in [1.165, 1.54) is 18.2 Å². The van der Waals surface area contributed by atoms with Gasteiger partial charge in [0.25, 0.3) is 0 Å². The van der Waals surface area contributed by atoms with Crippen LogP contribution in [0, 0.1) is 0 Å². The lowest BCUT2D eigenvalue weighted by atomic mass is 10.2. The highest BCUT2D eigenvalue weighted by molar-refractivity contribution is 8.00. The maximum absolute atomic E-state index is 12.4. The molecule has 1 nitrogen and oxygen atoms in total. The van der Waals surface area contributed by atoms with E-state index in [0.29, 0.717) is 19.1 Å². The molecule has 0 radical (unpaired) electrons. The van der Waals surface area contributed by atoms with Crippen LogP contribution in [0.2, 0.25) is 8.67 Å². The highest BCUT2D eigenvalue weighted by Gasteiger charge is 2.29. The van der Waals surface area contributed by atoms with Gasteiger partial charge in [-0.05, 0) is 30.3 Å². The number of benzene rings is 1. The molecule has 21 heavy (non-hydrogen) atoms. The average Bonchev–Trinajstić information content (AvgIpc) is 2.74. The number of rotatable bonds is 4. The lowest BCUT2D eigenvalue weighted by molar-refractivity contribution is -0.137. The molecule has 0 aliphatic carbocycles. The van der Waals surface area contributed by atoms with E-state index < -0.39 is 11.7 Å². The second-order valence-electron chi connectivity index (χ2n) is 3.97. The van der Waals surface area contributed by atoms with E-state index >= 15 is 0 Å². The molecule has 2 rings (SSSR count). The molecule has 0 spiro atoms. The molecule has 2 aromatic rings. The SMILES string of the molecule is O=C(CSc1ccc(C(F)(F)F)cc1)c1cc(Cl)sc1Cl. The largest absolute Gasteiger partial charge is 0.416 e. The molecule has 0 atom stereocenters. The van der Waals surface area contributed by atoms with Crippen molar-refractivity contribution in [3.05, 3.63) is 50.1 Å². The minimum Gasteiger partial charge on any atom is -0.293 e. The summed E-state index contributed by atoms with van der Waals surface area (Å²) in [6.45, 7) is 0. The van der Waals surface area contributed by atoms with Gasteiger partial charge in [-0.1, -0.05) is 23.2 Å². The molecule has 0 aliphatic heterocycles. The number of thiophene rings is 1. The van der Waals surface area contributed by atoms with Crippen LogP contribution < -0.4 is 0 Å². The van der Waals surface area contributed by atoms with Crippen molar-refractivity contribution in [2.24, 2.45) is 0 Å². The fraction of sp³-hybridized carbons (Fsp3) is 0.154. The van der Waals surface area contributed by atoms with E-state index in [1.54, 1.807) is 0 Å². The van der Waals surface area contributed by atoms with Gasteiger partial charge in [0.15, 0.2) is 5.78 Å². The number of hydrogen-bond acceptors (Lipinski definition) is 3. The van der Waals surface area contributed by atoms with Crippen LogP contribution in [0.1, 0.15) is 15.9 Å². The maximum Gasteiger partial charge on any atom is 0.416 e. The first-order chi connectivity index (χ1) is 9.77. The van der Waals surface area contributed by atoms with Crippen LogP contribution in [-0.2, 0) is 6.18 Å². The Kier molecular flexibility index (Phi) is 5.24. The van der Waals surface area contributed by atoms with Crippen LogP contribution in [0.5, 0.6) is 0 Å². The third-order valence-electron chi connectivity index (χ3n) is 2.51. The normalized spacial score (nSPS) is 11.7. The summed E-state index contributed by atoms with van der Waals surface area (Å²) < 4.78 is 38.0. The van der Waals surface area contributed by atoms with Crippen LogP contribution in [0.3, 0.4) is 0 Å². The third-order valence-corrected chi connectivity index (χ3v) is 5.01. The Bertz CT molecular complexity index is 650. The first-order valence-electron chi connectivity index (χ1n) is 5.55. The van der Waals surface area contributed by atoms with Gasteiger partial charge in [-0.3, -0.25) is 4.79 Å². The molecule has 0 fully saturated rings. The molecule has 1 heterocycles. The number of hydrogen-bond donors (Lipinski definition) is 0. The molecule has 0 unspecified atom stereocenters. The Labute approximate surface area is 137 Å². The van der Waals surface area contributed by atoms with E-state index in [4.69, 9.17) is 23.2 Å². The van der Waals surface area contributed by atoms with Crippen molar-refractivity contribution < 1.29 is 18.0 Å². The Balaban J connectivity index is 2.00. The number of thioether (sulfide) groups is 1. The minimum absolute atomic E-state index is 0.0815. The van der Waals surface area contributed by atoms with Gasteiger partial charge >= 0.3 is 6.18 Å². The van der Waals surface area contributed by atoms with Crippen molar-refractivity contribution in [3.63, 3.8) is 0 Å². The summed E-state index contributed by atoms with van der Waals surface area (Å²) in [4.78, 5) is 12.5. The number of alkyl halides is 3. The molecule has 1 aromatic carbocycles. The number of Topliss-reactive ketones (excluding diaryl/α,β-unsaturated/α-hetero) is 1. The van der Waals surface area contributed by atoms with Crippen molar-refractivity contribution in [3.8, 4) is 0 Å². The monoisotopic (exact) mass is 370 g/mol. The van der Waals surface area contributed by atoms with Crippen molar-refractivity contribution in [1.29, 1.82) is 0 Å². The van der Waals surface area contributed by atoms with Gasteiger partial charge in [0.05, 0.1) is 15.7 Å². The summed E-state index contributed by atoms with van der Waals surface area (Å²) in [6, 6.07) is 6.14. The quantitative estimate of drug-likeness (QED) is 0.481. The highest BCUT2D eigenvalue weighted by atomic mass is 35.5. The number of halogens is 5. The zero-order valence-corrected chi connectivity index (χ0v) is 13.4. The Morgan fingerprint density at radius 1 is 1.19 bits per heavy atom. The predicted molar refractivity (Wildman–Crippen MR) is 80.8 cm³/mol. The van der Waals surface area contributed by atoms with E-state index in [0.717, 1.165) is 35.2 Å². The maximum atomic E-state index is 12.4. The zero-order valence-electron chi connectivity index (χ0n) is 10.2. The summed E-state index contributed by atoms with van der Waals surface area (Å²) in [6.07, 6.45) is -4.36. The molecule has 112 valence electrons. The van der Waals surface area contributed by atoms with Crippen LogP contribution in [0.4, 0.5) is 13.2 Å². The number of carbonyl (C=O) groups is 1. The van der Waals surface area contributed by atoms with Gasteiger partial charge in [0, 0.05) is 10.5 Å². The van der Waals surface area contributed by atoms with Gasteiger partial charge in [0.1, 0.15) is 4.34 Å². The molecule has 8 heteroatoms. The Morgan fingerprint density at radius 2 is 1.81 bits per heavy atom. The smallest absolute Gasteiger partial charge is 0.293 e. The average molecular weight is 371 g/mol. The summed E-state index contributed by atoms with van der Waals surface area (Å²) in [5.74, 6) is -0.133. The lowest BCUT2D eigenvalue weighted by Gasteiger charge is -2.07. The highest BCUT2D eigenvalue weighted by Crippen LogP contribution is 2.33. The molecular weight excluding hydrogens is 364 g/mol. The third kappa shape index (κ3) is 4.39. The first-order valence-corrected chi connectivity index (χ1v) is 8.11. The van der Waals surface area contributed by atoms with E-state index in [9.17, 15) is 18.0 Å². The van der Waals surface area contributed by atoms with Crippen molar-refractivity contribution in [2.75, 3.05) is 5.75 Å². The zero-order chi connectivity index (χ0) is 15.6. The van der Waals surface area contributed by atoms with Gasteiger partial charge in [-0.25, -0.2) is 0 Å². The van der Waals surface area contributed by atoms with Crippen molar-refractivity contribution >= 4 is 52.1 Å². The van der Waals surface area contributed by atoms with Crippen LogP contribution in [-0.4, -0.2) is 11.5 Å². The van der Waals surface area contributed by atoms with E-state index in [2.05, 4.69) is 0 Å². The standard InChI is InChI=1S/C13H7Cl2F3OS2/c14-11-5-9(12(15)21-11)10(19)6-20-8-3-1-7(2-4-8)13(16,17)18/h1-5H,6H2. The lowest BCUT2D eigenvalue weighted by Crippen LogP contribution is -2.04. The van der Waals surface area contributed by atoms with Gasteiger partial charge in [-0.15, -0.1) is 23.1 Å². The summed E-state index contributed by atoms with van der Waals surface area (Å²) in [5, 5.41) is 0. The van der Waals surface area contributed by atoms with E-state index in [-0.39, 0.29) is 11.5 Å². The molecule has 0 saturated carbocycles. The predicted octanol–water partition coefficient (Wildman–Crippen LogP) is 6.05. The molecule has 1 aromatic heterocycles. The van der Waals surface area contributed by atoms with Crippen molar-refractivity contribution in [2.45, 2.75) is 11.1 Å². The number of carbonyl (C=O) groups excluding carboxylic acids is 1. The second-order valence-corrected chi connectivity index (χ2v) is 7.31. The molecule has 0 N–H and O–H groups in total. The molecule has 0 aliphatic rings. The van der Waals surface area contributed by atoms with Gasteiger partial charge in [0.2, 0.25) is 0 Å². The molecule has 0 saturated heterocycles. The van der Waals surface area contributed by atoms with Crippen molar-refractivity contribution in [1.82, 2.24) is 0 Å². The second kappa shape index (κ2) is 6.60. The fourth-order valence-corrected chi connectivity index (χ4v) is 3.78. The van der Waals surface area contributed by atoms with Crippen LogP contribution >= 0.6 is 46.3 Å². The first kappa shape index (κ1) is 16.7. The molecule has 0 amide bonds. The van der Waals surface area contributed by atoms with Gasteiger partial charge < -0.3 is 0 Å². The van der Waals surface area contributed by atoms with E-state index in [1.807, 2.05) is 0 Å². The summed E-state index contributed by atoms with van der Waals surface area (Å²) >= 11 is 13.9. The summed E-state index contributed by atoms with van der Waals surface area (Å²) in [7, 11) is 0. The van der Waals surface area contributed by atoms with Crippen LogP contribution in [0.25, 0.3) is 0 Å². The van der Waals surface area contributed by atoms with Gasteiger partial charge in [-0.2, -0.15) is 13.2 Å². The minimum atomic E-state index is -4.36. The topological polar surface area (TPSA) is 17.1 Å². The Hall–Kier alpha value is -0.690. The molecule has 0 bridgehead atoms. The Morgan fingerprint density at radius 3 is 2.29 bits per heavy atom. The number of ketones is 1.